The third-order valence-corrected chi connectivity index (χ3v) is 2.55. The topological polar surface area (TPSA) is 71.0 Å². The molecule has 0 spiro atoms. The lowest BCUT2D eigenvalue weighted by atomic mass is 10.1. The van der Waals surface area contributed by atoms with Crippen LogP contribution in [0.3, 0.4) is 0 Å². The van der Waals surface area contributed by atoms with Gasteiger partial charge in [0, 0.05) is 20.8 Å². The predicted octanol–water partition coefficient (Wildman–Crippen LogP) is 0.559. The van der Waals surface area contributed by atoms with E-state index in [0.29, 0.717) is 6.54 Å². The highest BCUT2D eigenvalue weighted by Gasteiger charge is 2.28. The van der Waals surface area contributed by atoms with E-state index in [2.05, 4.69) is 5.32 Å². The Morgan fingerprint density at radius 2 is 2.27 bits per heavy atom. The SMILES string of the molecule is COC(CCCC1CNC(=O)N1O)OC. The average molecular weight is 218 g/mol. The molecule has 1 heterocycles. The van der Waals surface area contributed by atoms with Crippen molar-refractivity contribution >= 4 is 6.03 Å². The number of hydrogen-bond donors (Lipinski definition) is 2. The average Bonchev–Trinajstić information content (AvgIpc) is 2.56. The highest BCUT2D eigenvalue weighted by Crippen LogP contribution is 2.13. The summed E-state index contributed by atoms with van der Waals surface area (Å²) < 4.78 is 10.1. The van der Waals surface area contributed by atoms with E-state index in [1.54, 1.807) is 14.2 Å². The molecule has 88 valence electrons. The van der Waals surface area contributed by atoms with Crippen LogP contribution in [0.15, 0.2) is 0 Å². The maximum atomic E-state index is 10.9. The van der Waals surface area contributed by atoms with Crippen molar-refractivity contribution < 1.29 is 19.5 Å². The first-order chi connectivity index (χ1) is 7.19. The van der Waals surface area contributed by atoms with Gasteiger partial charge in [0.2, 0.25) is 0 Å². The van der Waals surface area contributed by atoms with Gasteiger partial charge in [-0.3, -0.25) is 5.21 Å². The summed E-state index contributed by atoms with van der Waals surface area (Å²) in [5.74, 6) is 0. The molecule has 1 unspecified atom stereocenters. The van der Waals surface area contributed by atoms with Gasteiger partial charge in [-0.2, -0.15) is 0 Å². The minimum atomic E-state index is -0.421. The second-order valence-corrected chi connectivity index (χ2v) is 3.52. The van der Waals surface area contributed by atoms with E-state index in [-0.39, 0.29) is 12.3 Å². The van der Waals surface area contributed by atoms with E-state index in [1.165, 1.54) is 0 Å². The van der Waals surface area contributed by atoms with Crippen LogP contribution < -0.4 is 5.32 Å². The minimum absolute atomic E-state index is 0.133. The third-order valence-electron chi connectivity index (χ3n) is 2.55. The van der Waals surface area contributed by atoms with Gasteiger partial charge in [-0.15, -0.1) is 0 Å². The molecule has 1 aliphatic heterocycles. The van der Waals surface area contributed by atoms with Crippen molar-refractivity contribution in [3.63, 3.8) is 0 Å². The molecule has 0 aromatic rings. The highest BCUT2D eigenvalue weighted by molar-refractivity contribution is 5.75. The van der Waals surface area contributed by atoms with Crippen LogP contribution in [0.4, 0.5) is 4.79 Å². The van der Waals surface area contributed by atoms with E-state index < -0.39 is 6.03 Å². The van der Waals surface area contributed by atoms with Crippen LogP contribution in [0, 0.1) is 0 Å². The Kier molecular flexibility index (Phi) is 4.80. The van der Waals surface area contributed by atoms with E-state index in [9.17, 15) is 10.0 Å². The van der Waals surface area contributed by atoms with E-state index in [4.69, 9.17) is 9.47 Å². The number of methoxy groups -OCH3 is 2. The number of urea groups is 1. The fraction of sp³-hybridized carbons (Fsp3) is 0.889. The summed E-state index contributed by atoms with van der Waals surface area (Å²) >= 11 is 0. The van der Waals surface area contributed by atoms with Crippen molar-refractivity contribution in [2.24, 2.45) is 0 Å². The summed E-state index contributed by atoms with van der Waals surface area (Å²) in [6.45, 7) is 0.500. The molecule has 1 rings (SSSR count). The first kappa shape index (κ1) is 12.2. The number of hydrogen-bond acceptors (Lipinski definition) is 4. The maximum absolute atomic E-state index is 10.9. The Bertz CT molecular complexity index is 208. The molecule has 15 heavy (non-hydrogen) atoms. The zero-order valence-corrected chi connectivity index (χ0v) is 9.10. The van der Waals surface area contributed by atoms with Crippen LogP contribution in [0.2, 0.25) is 0 Å². The molecule has 2 N–H and O–H groups in total. The van der Waals surface area contributed by atoms with E-state index in [0.717, 1.165) is 24.3 Å². The fourth-order valence-corrected chi connectivity index (χ4v) is 1.61. The molecule has 0 bridgehead atoms. The van der Waals surface area contributed by atoms with Crippen LogP contribution in [0.5, 0.6) is 0 Å². The van der Waals surface area contributed by atoms with Crippen molar-refractivity contribution in [3.8, 4) is 0 Å². The maximum Gasteiger partial charge on any atom is 0.341 e. The molecule has 0 radical (unpaired) electrons. The molecule has 2 amide bonds. The molecular weight excluding hydrogens is 200 g/mol. The number of nitrogens with one attached hydrogen (secondary N) is 1. The van der Waals surface area contributed by atoms with Crippen molar-refractivity contribution in [1.29, 1.82) is 0 Å². The second kappa shape index (κ2) is 5.89. The van der Waals surface area contributed by atoms with Gasteiger partial charge in [0.05, 0.1) is 6.04 Å². The Hall–Kier alpha value is -0.850. The van der Waals surface area contributed by atoms with Gasteiger partial charge < -0.3 is 14.8 Å². The van der Waals surface area contributed by atoms with Crippen LogP contribution in [0.25, 0.3) is 0 Å². The van der Waals surface area contributed by atoms with Crippen molar-refractivity contribution in [2.45, 2.75) is 31.6 Å². The van der Waals surface area contributed by atoms with Crippen LogP contribution in [-0.4, -0.2) is 49.4 Å². The summed E-state index contributed by atoms with van der Waals surface area (Å²) in [5, 5.41) is 12.6. The number of carbonyl (C=O) groups is 1. The van der Waals surface area contributed by atoms with Gasteiger partial charge in [-0.25, -0.2) is 9.86 Å². The lowest BCUT2D eigenvalue weighted by Crippen LogP contribution is -2.30. The summed E-state index contributed by atoms with van der Waals surface area (Å²) in [7, 11) is 3.18. The van der Waals surface area contributed by atoms with E-state index in [1.807, 2.05) is 0 Å². The molecule has 1 aliphatic rings. The predicted molar refractivity (Wildman–Crippen MR) is 52.5 cm³/mol. The Balaban J connectivity index is 2.17. The third kappa shape index (κ3) is 3.33. The number of nitrogens with zero attached hydrogens (tertiary/aromatic N) is 1. The number of amides is 2. The summed E-state index contributed by atoms with van der Waals surface area (Å²) in [5.41, 5.74) is 0. The molecule has 0 aromatic carbocycles. The minimum Gasteiger partial charge on any atom is -0.356 e. The summed E-state index contributed by atoms with van der Waals surface area (Å²) in [6.07, 6.45) is 2.12. The number of hydroxylamine groups is 2. The Morgan fingerprint density at radius 1 is 1.60 bits per heavy atom. The fourth-order valence-electron chi connectivity index (χ4n) is 1.61. The molecule has 6 nitrogen and oxygen atoms in total. The molecule has 0 aliphatic carbocycles. The normalized spacial score (nSPS) is 21.2. The van der Waals surface area contributed by atoms with Gasteiger partial charge in [-0.05, 0) is 19.3 Å². The first-order valence-electron chi connectivity index (χ1n) is 5.00. The summed E-state index contributed by atoms with van der Waals surface area (Å²) in [6, 6.07) is -0.554. The molecule has 1 saturated heterocycles. The monoisotopic (exact) mass is 218 g/mol. The zero-order valence-electron chi connectivity index (χ0n) is 9.10. The molecule has 1 atom stereocenters. The quantitative estimate of drug-likeness (QED) is 0.504. The van der Waals surface area contributed by atoms with E-state index >= 15 is 0 Å². The van der Waals surface area contributed by atoms with Crippen LogP contribution >= 0.6 is 0 Å². The Labute approximate surface area is 89.1 Å². The lowest BCUT2D eigenvalue weighted by molar-refractivity contribution is -0.109. The van der Waals surface area contributed by atoms with Gasteiger partial charge in [0.25, 0.3) is 0 Å². The van der Waals surface area contributed by atoms with Gasteiger partial charge >= 0.3 is 6.03 Å². The van der Waals surface area contributed by atoms with Gasteiger partial charge in [0.1, 0.15) is 0 Å². The first-order valence-corrected chi connectivity index (χ1v) is 5.00. The molecule has 1 fully saturated rings. The van der Waals surface area contributed by atoms with Crippen molar-refractivity contribution in [3.05, 3.63) is 0 Å². The van der Waals surface area contributed by atoms with Gasteiger partial charge in [-0.1, -0.05) is 0 Å². The number of ether oxygens (including phenoxy) is 2. The van der Waals surface area contributed by atoms with Crippen LogP contribution in [0.1, 0.15) is 19.3 Å². The standard InChI is InChI=1S/C9H18N2O4/c1-14-8(15-2)5-3-4-7-6-10-9(12)11(7)13/h7-8,13H,3-6H2,1-2H3,(H,10,12). The zero-order chi connectivity index (χ0) is 11.3. The number of rotatable bonds is 6. The van der Waals surface area contributed by atoms with Crippen molar-refractivity contribution in [2.75, 3.05) is 20.8 Å². The highest BCUT2D eigenvalue weighted by atomic mass is 16.7. The molecular formula is C9H18N2O4. The smallest absolute Gasteiger partial charge is 0.341 e. The largest absolute Gasteiger partial charge is 0.356 e. The van der Waals surface area contributed by atoms with Crippen LogP contribution in [-0.2, 0) is 9.47 Å². The number of carbonyl (C=O) groups excluding carboxylic acids is 1. The van der Waals surface area contributed by atoms with Gasteiger partial charge in [0.15, 0.2) is 6.29 Å². The molecule has 6 heteroatoms. The Morgan fingerprint density at radius 3 is 2.73 bits per heavy atom. The molecule has 0 aromatic heterocycles. The summed E-state index contributed by atoms with van der Waals surface area (Å²) in [4.78, 5) is 10.9. The second-order valence-electron chi connectivity index (χ2n) is 3.52. The lowest BCUT2D eigenvalue weighted by Gasteiger charge is -2.17. The van der Waals surface area contributed by atoms with Crippen molar-refractivity contribution in [1.82, 2.24) is 10.4 Å². The molecule has 0 saturated carbocycles.